The lowest BCUT2D eigenvalue weighted by Gasteiger charge is -2.23. The Hall–Kier alpha value is -1.72. The fraction of sp³-hybridized carbons (Fsp3) is 0.316. The van der Waals surface area contributed by atoms with Crippen LogP contribution in [0.4, 0.5) is 4.39 Å². The molecule has 2 aromatic rings. The van der Waals surface area contributed by atoms with E-state index in [0.717, 1.165) is 15.6 Å². The molecule has 0 saturated heterocycles. The van der Waals surface area contributed by atoms with Crippen LogP contribution >= 0.6 is 15.9 Å². The quantitative estimate of drug-likeness (QED) is 0.759. The smallest absolute Gasteiger partial charge is 0.237 e. The third kappa shape index (κ3) is 4.89. The molecule has 3 atom stereocenters. The van der Waals surface area contributed by atoms with Gasteiger partial charge in [0.05, 0.1) is 12.1 Å². The number of rotatable bonds is 6. The van der Waals surface area contributed by atoms with Gasteiger partial charge >= 0.3 is 0 Å². The van der Waals surface area contributed by atoms with Gasteiger partial charge in [-0.1, -0.05) is 46.3 Å². The third-order valence-corrected chi connectivity index (χ3v) is 4.72. The van der Waals surface area contributed by atoms with E-state index in [1.165, 1.54) is 12.1 Å². The zero-order chi connectivity index (χ0) is 17.7. The summed E-state index contributed by atoms with van der Waals surface area (Å²) in [4.78, 5) is 12.4. The van der Waals surface area contributed by atoms with Gasteiger partial charge in [0.1, 0.15) is 5.82 Å². The monoisotopic (exact) mass is 392 g/mol. The molecule has 1 amide bonds. The minimum Gasteiger partial charge on any atom is -0.348 e. The van der Waals surface area contributed by atoms with E-state index >= 15 is 0 Å². The first-order valence-electron chi connectivity index (χ1n) is 7.94. The average molecular weight is 393 g/mol. The summed E-state index contributed by atoms with van der Waals surface area (Å²) in [5.74, 6) is -0.375. The summed E-state index contributed by atoms with van der Waals surface area (Å²) in [5.41, 5.74) is 1.97. The van der Waals surface area contributed by atoms with Gasteiger partial charge in [0, 0.05) is 10.5 Å². The second kappa shape index (κ2) is 8.40. The Morgan fingerprint density at radius 3 is 2.25 bits per heavy atom. The van der Waals surface area contributed by atoms with Gasteiger partial charge in [-0.2, -0.15) is 0 Å². The van der Waals surface area contributed by atoms with E-state index in [4.69, 9.17) is 0 Å². The van der Waals surface area contributed by atoms with Gasteiger partial charge < -0.3 is 5.32 Å². The van der Waals surface area contributed by atoms with Crippen LogP contribution in [-0.2, 0) is 4.79 Å². The van der Waals surface area contributed by atoms with Gasteiger partial charge in [-0.25, -0.2) is 4.39 Å². The molecule has 0 aromatic heterocycles. The van der Waals surface area contributed by atoms with E-state index in [2.05, 4.69) is 26.6 Å². The van der Waals surface area contributed by atoms with E-state index in [1.807, 2.05) is 45.0 Å². The van der Waals surface area contributed by atoms with Crippen molar-refractivity contribution in [1.82, 2.24) is 10.6 Å². The Morgan fingerprint density at radius 1 is 1.00 bits per heavy atom. The van der Waals surface area contributed by atoms with Gasteiger partial charge in [-0.05, 0) is 50.1 Å². The number of carbonyl (C=O) groups excluding carboxylic acids is 1. The second-order valence-corrected chi connectivity index (χ2v) is 6.77. The average Bonchev–Trinajstić information content (AvgIpc) is 2.55. The second-order valence-electron chi connectivity index (χ2n) is 5.91. The van der Waals surface area contributed by atoms with Gasteiger partial charge in [-0.15, -0.1) is 0 Å². The molecule has 2 aromatic carbocycles. The Bertz CT molecular complexity index is 690. The Balaban J connectivity index is 1.94. The van der Waals surface area contributed by atoms with Crippen LogP contribution in [0, 0.1) is 5.82 Å². The summed E-state index contributed by atoms with van der Waals surface area (Å²) < 4.78 is 14.0. The van der Waals surface area contributed by atoms with Crippen LogP contribution in [0.2, 0.25) is 0 Å². The van der Waals surface area contributed by atoms with Crippen LogP contribution < -0.4 is 10.6 Å². The highest BCUT2D eigenvalue weighted by atomic mass is 79.9. The maximum Gasteiger partial charge on any atom is 0.237 e. The van der Waals surface area contributed by atoms with Crippen molar-refractivity contribution in [2.45, 2.75) is 38.9 Å². The Morgan fingerprint density at radius 2 is 1.62 bits per heavy atom. The summed E-state index contributed by atoms with van der Waals surface area (Å²) in [6.07, 6.45) is 0. The molecule has 0 saturated carbocycles. The van der Waals surface area contributed by atoms with Crippen molar-refractivity contribution in [2.24, 2.45) is 0 Å². The molecule has 2 rings (SSSR count). The van der Waals surface area contributed by atoms with Gasteiger partial charge in [0.15, 0.2) is 0 Å². The molecule has 0 spiro atoms. The van der Waals surface area contributed by atoms with E-state index < -0.39 is 0 Å². The molecular formula is C19H22BrFN2O. The Kier molecular flexibility index (Phi) is 6.52. The summed E-state index contributed by atoms with van der Waals surface area (Å²) in [7, 11) is 0. The van der Waals surface area contributed by atoms with Crippen LogP contribution in [-0.4, -0.2) is 11.9 Å². The number of amides is 1. The molecule has 3 unspecified atom stereocenters. The molecule has 128 valence electrons. The first-order valence-corrected chi connectivity index (χ1v) is 8.74. The third-order valence-electron chi connectivity index (χ3n) is 3.99. The summed E-state index contributed by atoms with van der Waals surface area (Å²) >= 11 is 3.53. The number of nitrogens with one attached hydrogen (secondary N) is 2. The highest BCUT2D eigenvalue weighted by Crippen LogP contribution is 2.23. The molecule has 24 heavy (non-hydrogen) atoms. The van der Waals surface area contributed by atoms with Gasteiger partial charge in [0.25, 0.3) is 0 Å². The van der Waals surface area contributed by atoms with Crippen LogP contribution in [0.25, 0.3) is 0 Å². The molecular weight excluding hydrogens is 371 g/mol. The van der Waals surface area contributed by atoms with Gasteiger partial charge in [0.2, 0.25) is 5.91 Å². The molecule has 0 fully saturated rings. The lowest BCUT2D eigenvalue weighted by atomic mass is 10.1. The number of hydrogen-bond donors (Lipinski definition) is 2. The molecule has 3 nitrogen and oxygen atoms in total. The summed E-state index contributed by atoms with van der Waals surface area (Å²) in [6, 6.07) is 13.6. The topological polar surface area (TPSA) is 41.1 Å². The zero-order valence-corrected chi connectivity index (χ0v) is 15.6. The van der Waals surface area contributed by atoms with Crippen molar-refractivity contribution in [3.8, 4) is 0 Å². The number of hydrogen-bond acceptors (Lipinski definition) is 2. The summed E-state index contributed by atoms with van der Waals surface area (Å²) in [6.45, 7) is 5.74. The lowest BCUT2D eigenvalue weighted by Crippen LogP contribution is -2.43. The largest absolute Gasteiger partial charge is 0.348 e. The Labute approximate surface area is 150 Å². The molecule has 0 aliphatic rings. The lowest BCUT2D eigenvalue weighted by molar-refractivity contribution is -0.123. The van der Waals surface area contributed by atoms with Crippen molar-refractivity contribution >= 4 is 21.8 Å². The summed E-state index contributed by atoms with van der Waals surface area (Å²) in [5, 5.41) is 6.25. The molecule has 0 bridgehead atoms. The van der Waals surface area contributed by atoms with Crippen molar-refractivity contribution < 1.29 is 9.18 Å². The molecule has 0 aliphatic carbocycles. The molecule has 0 heterocycles. The highest BCUT2D eigenvalue weighted by molar-refractivity contribution is 9.10. The number of carbonyl (C=O) groups is 1. The first-order chi connectivity index (χ1) is 11.4. The molecule has 0 radical (unpaired) electrons. The van der Waals surface area contributed by atoms with E-state index in [9.17, 15) is 9.18 Å². The molecule has 0 aliphatic heterocycles. The SMILES string of the molecule is CC(NC(C)c1ccccc1Br)C(=O)NC(C)c1ccc(F)cc1. The number of halogens is 2. The maximum absolute atomic E-state index is 13.0. The van der Waals surface area contributed by atoms with Crippen LogP contribution in [0.5, 0.6) is 0 Å². The van der Waals surface area contributed by atoms with Crippen LogP contribution in [0.3, 0.4) is 0 Å². The fourth-order valence-electron chi connectivity index (χ4n) is 2.54. The standard InChI is InChI=1S/C19H22BrFN2O/c1-12(15-8-10-16(21)11-9-15)23-19(24)14(3)22-13(2)17-6-4-5-7-18(17)20/h4-14,22H,1-3H3,(H,23,24). The highest BCUT2D eigenvalue weighted by Gasteiger charge is 2.19. The predicted molar refractivity (Wildman–Crippen MR) is 98.1 cm³/mol. The minimum absolute atomic E-state index is 0.0300. The first kappa shape index (κ1) is 18.6. The van der Waals surface area contributed by atoms with Gasteiger partial charge in [-0.3, -0.25) is 10.1 Å². The van der Waals surface area contributed by atoms with Crippen molar-refractivity contribution in [3.05, 3.63) is 69.9 Å². The minimum atomic E-state index is -0.352. The number of benzene rings is 2. The van der Waals surface area contributed by atoms with Crippen LogP contribution in [0.1, 0.15) is 44.0 Å². The van der Waals surface area contributed by atoms with Crippen LogP contribution in [0.15, 0.2) is 53.0 Å². The van der Waals surface area contributed by atoms with Crippen molar-refractivity contribution in [2.75, 3.05) is 0 Å². The molecule has 2 N–H and O–H groups in total. The van der Waals surface area contributed by atoms with Crippen molar-refractivity contribution in [3.63, 3.8) is 0 Å². The van der Waals surface area contributed by atoms with E-state index in [0.29, 0.717) is 0 Å². The maximum atomic E-state index is 13.0. The molecule has 5 heteroatoms. The zero-order valence-electron chi connectivity index (χ0n) is 14.0. The van der Waals surface area contributed by atoms with E-state index in [1.54, 1.807) is 12.1 Å². The van der Waals surface area contributed by atoms with E-state index in [-0.39, 0.29) is 29.8 Å². The van der Waals surface area contributed by atoms with Crippen molar-refractivity contribution in [1.29, 1.82) is 0 Å². The fourth-order valence-corrected chi connectivity index (χ4v) is 3.17. The predicted octanol–water partition coefficient (Wildman–Crippen LogP) is 4.50. The normalized spacial score (nSPS) is 14.7.